The Labute approximate surface area is 201 Å². The number of aryl methyl sites for hydroxylation is 1. The quantitative estimate of drug-likeness (QED) is 0.277. The van der Waals surface area contributed by atoms with Crippen molar-refractivity contribution in [3.63, 3.8) is 0 Å². The number of nitrogens with zero attached hydrogens (tertiary/aromatic N) is 2. The van der Waals surface area contributed by atoms with Crippen LogP contribution >= 0.6 is 23.2 Å². The zero-order chi connectivity index (χ0) is 23.7. The Morgan fingerprint density at radius 1 is 1.06 bits per heavy atom. The second kappa shape index (κ2) is 9.25. The van der Waals surface area contributed by atoms with Crippen LogP contribution in [0.3, 0.4) is 0 Å². The van der Waals surface area contributed by atoms with Gasteiger partial charge in [-0.05, 0) is 55.3 Å². The second-order valence-corrected chi connectivity index (χ2v) is 8.51. The molecule has 0 spiro atoms. The average Bonchev–Trinajstić information content (AvgIpc) is 3.05. The number of nitrogens with one attached hydrogen (secondary N) is 1. The highest BCUT2D eigenvalue weighted by molar-refractivity contribution is 6.48. The second-order valence-electron chi connectivity index (χ2n) is 7.66. The molecule has 168 valence electrons. The molecule has 0 aliphatic rings. The third-order valence-corrected chi connectivity index (χ3v) is 6.15. The maximum absolute atomic E-state index is 13.3. The summed E-state index contributed by atoms with van der Waals surface area (Å²) in [5, 5.41) is 4.55. The summed E-state index contributed by atoms with van der Waals surface area (Å²) < 4.78 is 7.06. The molecule has 0 saturated heterocycles. The maximum Gasteiger partial charge on any atom is 0.296 e. The van der Waals surface area contributed by atoms with Gasteiger partial charge in [0.15, 0.2) is 0 Å². The summed E-state index contributed by atoms with van der Waals surface area (Å²) in [6.07, 6.45) is 1.49. The van der Waals surface area contributed by atoms with Crippen molar-refractivity contribution in [1.29, 1.82) is 0 Å². The minimum atomic E-state index is -0.746. The van der Waals surface area contributed by atoms with Gasteiger partial charge in [-0.25, -0.2) is 4.98 Å². The number of ether oxygens (including phenoxy) is 1. The number of ketones is 1. The van der Waals surface area contributed by atoms with Gasteiger partial charge < -0.3 is 14.6 Å². The topological polar surface area (TPSA) is 73.2 Å². The van der Waals surface area contributed by atoms with Gasteiger partial charge in [0.05, 0.1) is 18.2 Å². The number of hydrogen-bond acceptors (Lipinski definition) is 4. The fourth-order valence-corrected chi connectivity index (χ4v) is 4.05. The summed E-state index contributed by atoms with van der Waals surface area (Å²) in [5.41, 5.74) is 4.04. The van der Waals surface area contributed by atoms with Gasteiger partial charge >= 0.3 is 0 Å². The average molecular weight is 482 g/mol. The fourth-order valence-electron chi connectivity index (χ4n) is 3.77. The molecule has 4 rings (SSSR count). The van der Waals surface area contributed by atoms with Crippen LogP contribution in [0.1, 0.15) is 27.2 Å². The van der Waals surface area contributed by atoms with Crippen molar-refractivity contribution in [2.75, 3.05) is 12.4 Å². The van der Waals surface area contributed by atoms with E-state index in [0.717, 1.165) is 16.6 Å². The fraction of sp³-hybridized carbons (Fsp3) is 0.160. The molecule has 2 aromatic heterocycles. The summed E-state index contributed by atoms with van der Waals surface area (Å²) in [6, 6.07) is 14.3. The van der Waals surface area contributed by atoms with Gasteiger partial charge in [0.2, 0.25) is 5.88 Å². The lowest BCUT2D eigenvalue weighted by Crippen LogP contribution is -2.23. The first-order valence-electron chi connectivity index (χ1n) is 10.2. The zero-order valence-electron chi connectivity index (χ0n) is 18.3. The van der Waals surface area contributed by atoms with Crippen LogP contribution in [0, 0.1) is 13.8 Å². The molecule has 1 amide bonds. The minimum absolute atomic E-state index is 0.335. The molecule has 0 atom stereocenters. The SMILES string of the molecule is COc1cc(NC(=O)C(=O)c2c(C)n(Cc3ccc(Cl)cc3)c3cc(Cl)c(C)cc23)ccn1. The van der Waals surface area contributed by atoms with E-state index in [9.17, 15) is 9.59 Å². The summed E-state index contributed by atoms with van der Waals surface area (Å²) in [6.45, 7) is 4.19. The first-order chi connectivity index (χ1) is 15.8. The predicted octanol–water partition coefficient (Wildman–Crippen LogP) is 5.84. The molecule has 6 nitrogen and oxygen atoms in total. The van der Waals surface area contributed by atoms with Crippen molar-refractivity contribution >= 4 is 51.5 Å². The van der Waals surface area contributed by atoms with Crippen LogP contribution in [-0.4, -0.2) is 28.4 Å². The molecule has 0 saturated carbocycles. The van der Waals surface area contributed by atoms with E-state index < -0.39 is 11.7 Å². The third kappa shape index (κ3) is 4.58. The third-order valence-electron chi connectivity index (χ3n) is 5.49. The molecule has 0 aliphatic heterocycles. The molecule has 2 aromatic carbocycles. The van der Waals surface area contributed by atoms with Gasteiger partial charge in [0, 0.05) is 45.6 Å². The minimum Gasteiger partial charge on any atom is -0.481 e. The number of carbonyl (C=O) groups is 2. The van der Waals surface area contributed by atoms with Crippen LogP contribution in [0.4, 0.5) is 5.69 Å². The summed E-state index contributed by atoms with van der Waals surface area (Å²) in [7, 11) is 1.48. The van der Waals surface area contributed by atoms with E-state index >= 15 is 0 Å². The number of rotatable bonds is 6. The van der Waals surface area contributed by atoms with Crippen LogP contribution < -0.4 is 10.1 Å². The molecule has 33 heavy (non-hydrogen) atoms. The Hall–Kier alpha value is -3.35. The van der Waals surface area contributed by atoms with Crippen LogP contribution in [-0.2, 0) is 11.3 Å². The number of aromatic nitrogens is 2. The van der Waals surface area contributed by atoms with Gasteiger partial charge in [-0.15, -0.1) is 0 Å². The van der Waals surface area contributed by atoms with Crippen LogP contribution in [0.2, 0.25) is 10.0 Å². The van der Waals surface area contributed by atoms with Crippen molar-refractivity contribution in [2.24, 2.45) is 0 Å². The van der Waals surface area contributed by atoms with Crippen molar-refractivity contribution in [3.8, 4) is 5.88 Å². The van der Waals surface area contributed by atoms with Gasteiger partial charge in [0.25, 0.3) is 11.7 Å². The van der Waals surface area contributed by atoms with E-state index in [1.165, 1.54) is 13.3 Å². The Bertz CT molecular complexity index is 1380. The van der Waals surface area contributed by atoms with Crippen LogP contribution in [0.5, 0.6) is 5.88 Å². The van der Waals surface area contributed by atoms with Crippen LogP contribution in [0.25, 0.3) is 10.9 Å². The first-order valence-corrected chi connectivity index (χ1v) is 10.9. The summed E-state index contributed by atoms with van der Waals surface area (Å²) in [4.78, 5) is 30.2. The predicted molar refractivity (Wildman–Crippen MR) is 131 cm³/mol. The van der Waals surface area contributed by atoms with Crippen molar-refractivity contribution < 1.29 is 14.3 Å². The standard InChI is InChI=1S/C25H21Cl2N3O3/c1-14-10-19-21(12-20(14)27)30(13-16-4-6-17(26)7-5-16)15(2)23(19)24(31)25(32)29-18-8-9-28-22(11-18)33-3/h4-12H,13H2,1-3H3,(H,28,29,32). The van der Waals surface area contributed by atoms with E-state index in [1.807, 2.05) is 54.8 Å². The molecule has 1 N–H and O–H groups in total. The summed E-state index contributed by atoms with van der Waals surface area (Å²) in [5.74, 6) is -1.05. The molecular weight excluding hydrogens is 461 g/mol. The Morgan fingerprint density at radius 2 is 1.79 bits per heavy atom. The lowest BCUT2D eigenvalue weighted by Gasteiger charge is -2.10. The number of benzene rings is 2. The highest BCUT2D eigenvalue weighted by atomic mass is 35.5. The van der Waals surface area contributed by atoms with E-state index in [2.05, 4.69) is 10.3 Å². The Morgan fingerprint density at radius 3 is 2.48 bits per heavy atom. The van der Waals surface area contributed by atoms with E-state index in [1.54, 1.807) is 12.1 Å². The number of Topliss-reactive ketones (excluding diaryl/α,β-unsaturated/α-hetero) is 1. The number of pyridine rings is 1. The molecule has 4 aromatic rings. The smallest absolute Gasteiger partial charge is 0.296 e. The molecule has 8 heteroatoms. The lowest BCUT2D eigenvalue weighted by atomic mass is 10.0. The van der Waals surface area contributed by atoms with Crippen molar-refractivity contribution in [1.82, 2.24) is 9.55 Å². The molecule has 0 bridgehead atoms. The lowest BCUT2D eigenvalue weighted by molar-refractivity contribution is -0.112. The number of halogens is 2. The van der Waals surface area contributed by atoms with E-state index in [0.29, 0.717) is 44.8 Å². The van der Waals surface area contributed by atoms with Gasteiger partial charge in [0.1, 0.15) is 0 Å². The highest BCUT2D eigenvalue weighted by Gasteiger charge is 2.26. The first kappa shape index (κ1) is 22.8. The monoisotopic (exact) mass is 481 g/mol. The van der Waals surface area contributed by atoms with Crippen molar-refractivity contribution in [3.05, 3.63) is 87.2 Å². The number of methoxy groups -OCH3 is 1. The molecule has 2 heterocycles. The molecule has 0 aliphatic carbocycles. The largest absolute Gasteiger partial charge is 0.481 e. The van der Waals surface area contributed by atoms with Gasteiger partial charge in [-0.3, -0.25) is 9.59 Å². The number of hydrogen-bond donors (Lipinski definition) is 1. The molecule has 0 unspecified atom stereocenters. The Balaban J connectivity index is 1.76. The maximum atomic E-state index is 13.3. The van der Waals surface area contributed by atoms with E-state index in [4.69, 9.17) is 27.9 Å². The van der Waals surface area contributed by atoms with Gasteiger partial charge in [-0.2, -0.15) is 0 Å². The zero-order valence-corrected chi connectivity index (χ0v) is 19.8. The normalized spacial score (nSPS) is 10.9. The number of fused-ring (bicyclic) bond motifs is 1. The molecular formula is C25H21Cl2N3O3. The van der Waals surface area contributed by atoms with E-state index in [-0.39, 0.29) is 0 Å². The van der Waals surface area contributed by atoms with Crippen LogP contribution in [0.15, 0.2) is 54.7 Å². The van der Waals surface area contributed by atoms with Crippen molar-refractivity contribution in [2.45, 2.75) is 20.4 Å². The number of anilines is 1. The molecule has 0 radical (unpaired) electrons. The highest BCUT2D eigenvalue weighted by Crippen LogP contribution is 2.32. The van der Waals surface area contributed by atoms with Gasteiger partial charge in [-0.1, -0.05) is 35.3 Å². The number of amides is 1. The summed E-state index contributed by atoms with van der Waals surface area (Å²) >= 11 is 12.4. The Kier molecular flexibility index (Phi) is 6.40. The number of carbonyl (C=O) groups excluding carboxylic acids is 2. The molecule has 0 fully saturated rings.